The largest absolute Gasteiger partial charge is 0.482 e. The number of aliphatic hydroxyl groups is 1. The Morgan fingerprint density at radius 1 is 1.31 bits per heavy atom. The second-order valence-corrected chi connectivity index (χ2v) is 8.33. The zero-order valence-corrected chi connectivity index (χ0v) is 15.5. The third-order valence-electron chi connectivity index (χ3n) is 4.19. The number of rotatable bonds is 3. The highest BCUT2D eigenvalue weighted by molar-refractivity contribution is 7.89. The molecule has 1 saturated heterocycles. The Bertz CT molecular complexity index is 849. The Kier molecular flexibility index (Phi) is 5.11. The maximum absolute atomic E-state index is 12.9. The molecule has 1 fully saturated rings. The predicted molar refractivity (Wildman–Crippen MR) is 92.6 cm³/mol. The number of amides is 2. The molecule has 0 saturated carbocycles. The number of carbonyl (C=O) groups excluding carboxylic acids is 2. The van der Waals surface area contributed by atoms with Crippen molar-refractivity contribution < 1.29 is 27.9 Å². The van der Waals surface area contributed by atoms with Crippen molar-refractivity contribution >= 4 is 39.1 Å². The molecule has 142 valence electrons. The van der Waals surface area contributed by atoms with Gasteiger partial charge < -0.3 is 20.1 Å². The summed E-state index contributed by atoms with van der Waals surface area (Å²) in [6, 6.07) is 2.63. The Hall–Kier alpha value is -1.88. The molecule has 0 bridgehead atoms. The molecule has 0 spiro atoms. The van der Waals surface area contributed by atoms with E-state index in [-0.39, 0.29) is 54.4 Å². The second-order valence-electron chi connectivity index (χ2n) is 6.02. The fourth-order valence-electron chi connectivity index (χ4n) is 2.83. The number of hydrogen-bond donors (Lipinski definition) is 2. The second kappa shape index (κ2) is 7.03. The highest BCUT2D eigenvalue weighted by atomic mass is 35.5. The van der Waals surface area contributed by atoms with E-state index in [4.69, 9.17) is 16.3 Å². The number of ether oxygens (including phenoxy) is 1. The molecule has 11 heteroatoms. The first-order valence-electron chi connectivity index (χ1n) is 7.93. The molecule has 1 aromatic rings. The van der Waals surface area contributed by atoms with Gasteiger partial charge >= 0.3 is 0 Å². The number of carbonyl (C=O) groups is 2. The van der Waals surface area contributed by atoms with Crippen LogP contribution in [0.5, 0.6) is 5.75 Å². The van der Waals surface area contributed by atoms with E-state index in [1.54, 1.807) is 0 Å². The number of piperazine rings is 1. The minimum absolute atomic E-state index is 0.0305. The standard InChI is InChI=1S/C15H18ClN3O6S/c1-9(20)15(22)18-2-4-19(5-3-18)26(23,24)13-7-12-11(6-10(13)16)17-14(21)8-25-12/h6-7,9,20H,2-5,8H2,1H3,(H,17,21). The molecular formula is C15H18ClN3O6S. The number of anilines is 1. The van der Waals surface area contributed by atoms with Crippen molar-refractivity contribution in [3.05, 3.63) is 17.2 Å². The number of fused-ring (bicyclic) bond motifs is 1. The number of sulfonamides is 1. The zero-order valence-electron chi connectivity index (χ0n) is 13.9. The highest BCUT2D eigenvalue weighted by Gasteiger charge is 2.33. The average molecular weight is 404 g/mol. The van der Waals surface area contributed by atoms with Crippen LogP contribution in [0.3, 0.4) is 0 Å². The van der Waals surface area contributed by atoms with Gasteiger partial charge in [0.05, 0.1) is 10.7 Å². The van der Waals surface area contributed by atoms with Crippen molar-refractivity contribution in [3.63, 3.8) is 0 Å². The first-order valence-corrected chi connectivity index (χ1v) is 9.75. The monoisotopic (exact) mass is 403 g/mol. The van der Waals surface area contributed by atoms with Crippen LogP contribution in [0.4, 0.5) is 5.69 Å². The molecule has 1 unspecified atom stereocenters. The smallest absolute Gasteiger partial charge is 0.262 e. The summed E-state index contributed by atoms with van der Waals surface area (Å²) in [7, 11) is -3.90. The first kappa shape index (κ1) is 18.9. The van der Waals surface area contributed by atoms with Crippen molar-refractivity contribution in [3.8, 4) is 5.75 Å². The number of halogens is 1. The van der Waals surface area contributed by atoms with E-state index in [1.807, 2.05) is 0 Å². The van der Waals surface area contributed by atoms with E-state index in [2.05, 4.69) is 5.32 Å². The average Bonchev–Trinajstić information content (AvgIpc) is 2.60. The molecule has 2 aliphatic rings. The summed E-state index contributed by atoms with van der Waals surface area (Å²) < 4.78 is 32.3. The summed E-state index contributed by atoms with van der Waals surface area (Å²) in [6.07, 6.45) is -1.12. The van der Waals surface area contributed by atoms with E-state index in [0.717, 1.165) is 0 Å². The van der Waals surface area contributed by atoms with Gasteiger partial charge in [-0.1, -0.05) is 11.6 Å². The van der Waals surface area contributed by atoms with Gasteiger partial charge in [-0.15, -0.1) is 0 Å². The van der Waals surface area contributed by atoms with Crippen molar-refractivity contribution in [2.45, 2.75) is 17.9 Å². The minimum Gasteiger partial charge on any atom is -0.482 e. The van der Waals surface area contributed by atoms with E-state index in [9.17, 15) is 23.1 Å². The van der Waals surface area contributed by atoms with Gasteiger partial charge in [-0.2, -0.15) is 4.31 Å². The molecule has 2 heterocycles. The number of benzene rings is 1. The molecule has 2 N–H and O–H groups in total. The van der Waals surface area contributed by atoms with E-state index in [1.165, 1.54) is 28.3 Å². The van der Waals surface area contributed by atoms with Crippen LogP contribution >= 0.6 is 11.6 Å². The number of hydrogen-bond acceptors (Lipinski definition) is 6. The van der Waals surface area contributed by atoms with E-state index < -0.39 is 22.0 Å². The molecule has 1 aromatic carbocycles. The summed E-state index contributed by atoms with van der Waals surface area (Å²) in [5, 5.41) is 11.9. The van der Waals surface area contributed by atoms with Crippen LogP contribution in [-0.4, -0.2) is 73.4 Å². The Morgan fingerprint density at radius 3 is 2.58 bits per heavy atom. The lowest BCUT2D eigenvalue weighted by atomic mass is 10.2. The fraction of sp³-hybridized carbons (Fsp3) is 0.467. The molecule has 0 aromatic heterocycles. The van der Waals surface area contributed by atoms with Crippen molar-refractivity contribution in [2.24, 2.45) is 0 Å². The molecular weight excluding hydrogens is 386 g/mol. The van der Waals surface area contributed by atoms with Gasteiger partial charge in [0.1, 0.15) is 16.7 Å². The van der Waals surface area contributed by atoms with Crippen LogP contribution in [0.15, 0.2) is 17.0 Å². The number of nitrogens with one attached hydrogen (secondary N) is 1. The van der Waals surface area contributed by atoms with Crippen LogP contribution in [-0.2, 0) is 19.6 Å². The molecule has 3 rings (SSSR count). The minimum atomic E-state index is -3.90. The Balaban J connectivity index is 1.81. The molecule has 26 heavy (non-hydrogen) atoms. The lowest BCUT2D eigenvalue weighted by Gasteiger charge is -2.34. The number of aliphatic hydroxyl groups excluding tert-OH is 1. The van der Waals surface area contributed by atoms with Crippen molar-refractivity contribution in [1.29, 1.82) is 0 Å². The van der Waals surface area contributed by atoms with Crippen molar-refractivity contribution in [1.82, 2.24) is 9.21 Å². The first-order chi connectivity index (χ1) is 12.2. The molecule has 1 atom stereocenters. The van der Waals surface area contributed by atoms with Crippen LogP contribution in [0.25, 0.3) is 0 Å². The number of nitrogens with zero attached hydrogens (tertiary/aromatic N) is 2. The van der Waals surface area contributed by atoms with E-state index >= 15 is 0 Å². The summed E-state index contributed by atoms with van der Waals surface area (Å²) in [5.74, 6) is -0.545. The van der Waals surface area contributed by atoms with Crippen molar-refractivity contribution in [2.75, 3.05) is 38.1 Å². The highest BCUT2D eigenvalue weighted by Crippen LogP contribution is 2.36. The van der Waals surface area contributed by atoms with E-state index in [0.29, 0.717) is 5.69 Å². The quantitative estimate of drug-likeness (QED) is 0.727. The maximum Gasteiger partial charge on any atom is 0.262 e. The van der Waals surface area contributed by atoms with Crippen LogP contribution in [0.1, 0.15) is 6.92 Å². The summed E-state index contributed by atoms with van der Waals surface area (Å²) >= 11 is 6.12. The lowest BCUT2D eigenvalue weighted by molar-refractivity contribution is -0.140. The van der Waals surface area contributed by atoms with Gasteiger partial charge in [0.25, 0.3) is 11.8 Å². The third-order valence-corrected chi connectivity index (χ3v) is 6.56. The van der Waals surface area contributed by atoms with Gasteiger partial charge in [0.15, 0.2) is 6.61 Å². The summed E-state index contributed by atoms with van der Waals surface area (Å²) in [4.78, 5) is 24.4. The molecule has 9 nitrogen and oxygen atoms in total. The predicted octanol–water partition coefficient (Wildman–Crippen LogP) is -0.115. The zero-order chi connectivity index (χ0) is 19.1. The maximum atomic E-state index is 12.9. The molecule has 0 aliphatic carbocycles. The topological polar surface area (TPSA) is 116 Å². The molecule has 0 radical (unpaired) electrons. The SMILES string of the molecule is CC(O)C(=O)N1CCN(S(=O)(=O)c2cc3c(cc2Cl)NC(=O)CO3)CC1. The third kappa shape index (κ3) is 3.50. The molecule has 2 aliphatic heterocycles. The summed E-state index contributed by atoms with van der Waals surface area (Å²) in [6.45, 7) is 1.71. The van der Waals surface area contributed by atoms with Gasteiger partial charge in [-0.05, 0) is 13.0 Å². The Morgan fingerprint density at radius 2 is 1.96 bits per heavy atom. The van der Waals surface area contributed by atoms with Gasteiger partial charge in [0, 0.05) is 32.2 Å². The molecule has 2 amide bonds. The lowest BCUT2D eigenvalue weighted by Crippen LogP contribution is -2.52. The normalized spacial score (nSPS) is 19.3. The Labute approximate surface area is 155 Å². The fourth-order valence-corrected chi connectivity index (χ4v) is 4.77. The van der Waals surface area contributed by atoms with Gasteiger partial charge in [0.2, 0.25) is 10.0 Å². The van der Waals surface area contributed by atoms with Gasteiger partial charge in [-0.25, -0.2) is 8.42 Å². The van der Waals surface area contributed by atoms with Crippen LogP contribution < -0.4 is 10.1 Å². The van der Waals surface area contributed by atoms with Crippen LogP contribution in [0.2, 0.25) is 5.02 Å². The van der Waals surface area contributed by atoms with Crippen LogP contribution in [0, 0.1) is 0 Å². The summed E-state index contributed by atoms with van der Waals surface area (Å²) in [5.41, 5.74) is 0.317. The van der Waals surface area contributed by atoms with Gasteiger partial charge in [-0.3, -0.25) is 9.59 Å².